The fraction of sp³-hybridized carbons (Fsp3) is 0.143. The van der Waals surface area contributed by atoms with Gasteiger partial charge in [-0.1, -0.05) is 12.1 Å². The molecule has 0 saturated heterocycles. The minimum Gasteiger partial charge on any atom is -0.497 e. The van der Waals surface area contributed by atoms with Crippen molar-refractivity contribution >= 4 is 15.9 Å². The molecule has 0 amide bonds. The number of hydrogen-bond donors (Lipinski definition) is 1. The van der Waals surface area contributed by atoms with E-state index in [0.717, 1.165) is 12.1 Å². The van der Waals surface area contributed by atoms with Crippen LogP contribution in [0.15, 0.2) is 40.9 Å². The molecule has 2 rings (SSSR count). The van der Waals surface area contributed by atoms with Crippen molar-refractivity contribution in [1.29, 1.82) is 0 Å². The van der Waals surface area contributed by atoms with Crippen LogP contribution in [-0.4, -0.2) is 12.2 Å². The van der Waals surface area contributed by atoms with Crippen LogP contribution >= 0.6 is 15.9 Å². The first-order valence-corrected chi connectivity index (χ1v) is 6.28. The zero-order valence-corrected chi connectivity index (χ0v) is 11.6. The third kappa shape index (κ3) is 2.93. The van der Waals surface area contributed by atoms with Gasteiger partial charge in [0.05, 0.1) is 11.6 Å². The number of halogens is 3. The molecule has 1 unspecified atom stereocenters. The van der Waals surface area contributed by atoms with E-state index in [1.54, 1.807) is 24.3 Å². The molecule has 0 radical (unpaired) electrons. The van der Waals surface area contributed by atoms with Crippen molar-refractivity contribution in [3.63, 3.8) is 0 Å². The standard InChI is InChI=1S/C14H11BrF2O2/c1-19-9-4-2-3-8(5-9)14(18)10-6-13(17)11(15)7-12(10)16/h2-7,14,18H,1H3. The molecule has 2 aromatic carbocycles. The van der Waals surface area contributed by atoms with Crippen LogP contribution in [0.4, 0.5) is 8.78 Å². The largest absolute Gasteiger partial charge is 0.497 e. The van der Waals surface area contributed by atoms with E-state index < -0.39 is 17.7 Å². The fourth-order valence-corrected chi connectivity index (χ4v) is 2.05. The topological polar surface area (TPSA) is 29.5 Å². The van der Waals surface area contributed by atoms with E-state index in [1.165, 1.54) is 7.11 Å². The van der Waals surface area contributed by atoms with Crippen LogP contribution in [0, 0.1) is 11.6 Å². The van der Waals surface area contributed by atoms with Crippen molar-refractivity contribution in [3.8, 4) is 5.75 Å². The molecule has 19 heavy (non-hydrogen) atoms. The lowest BCUT2D eigenvalue weighted by atomic mass is 10.0. The third-order valence-electron chi connectivity index (χ3n) is 2.74. The molecular weight excluding hydrogens is 318 g/mol. The molecule has 2 nitrogen and oxygen atoms in total. The molecule has 0 heterocycles. The fourth-order valence-electron chi connectivity index (χ4n) is 1.74. The Morgan fingerprint density at radius 3 is 2.58 bits per heavy atom. The molecule has 0 aliphatic rings. The van der Waals surface area contributed by atoms with E-state index in [1.807, 2.05) is 0 Å². The van der Waals surface area contributed by atoms with E-state index in [2.05, 4.69) is 15.9 Å². The lowest BCUT2D eigenvalue weighted by Gasteiger charge is -2.14. The van der Waals surface area contributed by atoms with Gasteiger partial charge in [0.2, 0.25) is 0 Å². The van der Waals surface area contributed by atoms with Crippen LogP contribution in [-0.2, 0) is 0 Å². The Morgan fingerprint density at radius 1 is 1.16 bits per heavy atom. The number of benzene rings is 2. The highest BCUT2D eigenvalue weighted by molar-refractivity contribution is 9.10. The predicted octanol–water partition coefficient (Wildman–Crippen LogP) is 3.82. The third-order valence-corrected chi connectivity index (χ3v) is 3.35. The van der Waals surface area contributed by atoms with E-state index >= 15 is 0 Å². The van der Waals surface area contributed by atoms with Gasteiger partial charge in [-0.25, -0.2) is 8.78 Å². The number of aliphatic hydroxyl groups excluding tert-OH is 1. The first-order chi connectivity index (χ1) is 9.02. The highest BCUT2D eigenvalue weighted by Crippen LogP contribution is 2.29. The van der Waals surface area contributed by atoms with Gasteiger partial charge in [-0.3, -0.25) is 0 Å². The molecule has 0 spiro atoms. The highest BCUT2D eigenvalue weighted by Gasteiger charge is 2.18. The second-order valence-electron chi connectivity index (χ2n) is 3.97. The Balaban J connectivity index is 2.43. The van der Waals surface area contributed by atoms with E-state index in [0.29, 0.717) is 11.3 Å². The summed E-state index contributed by atoms with van der Waals surface area (Å²) in [5, 5.41) is 10.1. The number of rotatable bonds is 3. The predicted molar refractivity (Wildman–Crippen MR) is 71.1 cm³/mol. The lowest BCUT2D eigenvalue weighted by Crippen LogP contribution is -2.04. The monoisotopic (exact) mass is 328 g/mol. The number of ether oxygens (including phenoxy) is 1. The Kier molecular flexibility index (Phi) is 4.17. The minimum atomic E-state index is -1.25. The van der Waals surface area contributed by atoms with Gasteiger partial charge in [-0.15, -0.1) is 0 Å². The number of hydrogen-bond acceptors (Lipinski definition) is 2. The highest BCUT2D eigenvalue weighted by atomic mass is 79.9. The smallest absolute Gasteiger partial charge is 0.137 e. The molecular formula is C14H11BrF2O2. The first kappa shape index (κ1) is 14.0. The molecule has 0 aromatic heterocycles. The van der Waals surface area contributed by atoms with Gasteiger partial charge in [-0.2, -0.15) is 0 Å². The summed E-state index contributed by atoms with van der Waals surface area (Å²) in [6.45, 7) is 0. The Morgan fingerprint density at radius 2 is 1.89 bits per heavy atom. The Labute approximate surface area is 117 Å². The van der Waals surface area contributed by atoms with Crippen LogP contribution in [0.3, 0.4) is 0 Å². The van der Waals surface area contributed by atoms with E-state index in [-0.39, 0.29) is 10.0 Å². The summed E-state index contributed by atoms with van der Waals surface area (Å²) in [6.07, 6.45) is -1.25. The van der Waals surface area contributed by atoms with Crippen LogP contribution in [0.2, 0.25) is 0 Å². The number of aliphatic hydroxyl groups is 1. The van der Waals surface area contributed by atoms with Crippen molar-refractivity contribution in [2.75, 3.05) is 7.11 Å². The Hall–Kier alpha value is -1.46. The summed E-state index contributed by atoms with van der Waals surface area (Å²) < 4.78 is 32.2. The molecule has 0 bridgehead atoms. The molecule has 0 fully saturated rings. The summed E-state index contributed by atoms with van der Waals surface area (Å²) in [5.41, 5.74) is 0.314. The maximum Gasteiger partial charge on any atom is 0.137 e. The van der Waals surface area contributed by atoms with Gasteiger partial charge >= 0.3 is 0 Å². The summed E-state index contributed by atoms with van der Waals surface area (Å²) in [6, 6.07) is 8.54. The van der Waals surface area contributed by atoms with Crippen LogP contribution < -0.4 is 4.74 Å². The number of methoxy groups -OCH3 is 1. The van der Waals surface area contributed by atoms with Crippen molar-refractivity contribution in [1.82, 2.24) is 0 Å². The normalized spacial score (nSPS) is 12.3. The van der Waals surface area contributed by atoms with Crippen LogP contribution in [0.25, 0.3) is 0 Å². The zero-order valence-electron chi connectivity index (χ0n) is 10.0. The van der Waals surface area contributed by atoms with Crippen molar-refractivity contribution < 1.29 is 18.6 Å². The van der Waals surface area contributed by atoms with Gasteiger partial charge < -0.3 is 9.84 Å². The lowest BCUT2D eigenvalue weighted by molar-refractivity contribution is 0.213. The quantitative estimate of drug-likeness (QED) is 0.868. The molecule has 100 valence electrons. The molecule has 1 N–H and O–H groups in total. The van der Waals surface area contributed by atoms with Crippen molar-refractivity contribution in [2.45, 2.75) is 6.10 Å². The van der Waals surface area contributed by atoms with Crippen LogP contribution in [0.1, 0.15) is 17.2 Å². The summed E-state index contributed by atoms with van der Waals surface area (Å²) >= 11 is 2.89. The summed E-state index contributed by atoms with van der Waals surface area (Å²) in [7, 11) is 1.49. The maximum absolute atomic E-state index is 13.8. The van der Waals surface area contributed by atoms with Gasteiger partial charge in [0.1, 0.15) is 23.5 Å². The molecule has 0 aliphatic carbocycles. The average molecular weight is 329 g/mol. The van der Waals surface area contributed by atoms with E-state index in [9.17, 15) is 13.9 Å². The molecule has 1 atom stereocenters. The van der Waals surface area contributed by atoms with Gasteiger partial charge in [0.15, 0.2) is 0 Å². The SMILES string of the molecule is COc1cccc(C(O)c2cc(F)c(Br)cc2F)c1. The second kappa shape index (κ2) is 5.67. The van der Waals surface area contributed by atoms with Crippen molar-refractivity contribution in [3.05, 3.63) is 63.6 Å². The van der Waals surface area contributed by atoms with Crippen molar-refractivity contribution in [2.24, 2.45) is 0 Å². The first-order valence-electron chi connectivity index (χ1n) is 5.49. The second-order valence-corrected chi connectivity index (χ2v) is 4.82. The summed E-state index contributed by atoms with van der Waals surface area (Å²) in [4.78, 5) is 0. The Bertz CT molecular complexity index is 602. The molecule has 0 saturated carbocycles. The zero-order chi connectivity index (χ0) is 14.0. The van der Waals surface area contributed by atoms with Gasteiger partial charge in [-0.05, 0) is 45.8 Å². The van der Waals surface area contributed by atoms with Crippen LogP contribution in [0.5, 0.6) is 5.75 Å². The van der Waals surface area contributed by atoms with Gasteiger partial charge in [0, 0.05) is 5.56 Å². The average Bonchev–Trinajstić information content (AvgIpc) is 2.42. The van der Waals surface area contributed by atoms with E-state index in [4.69, 9.17) is 4.74 Å². The molecule has 2 aromatic rings. The molecule has 5 heteroatoms. The minimum absolute atomic E-state index is 0.0200. The summed E-state index contributed by atoms with van der Waals surface area (Å²) in [5.74, 6) is -0.767. The van der Waals surface area contributed by atoms with Gasteiger partial charge in [0.25, 0.3) is 0 Å². The molecule has 0 aliphatic heterocycles. The maximum atomic E-state index is 13.8.